The average molecular weight is 390 g/mol. The van der Waals surface area contributed by atoms with E-state index in [9.17, 15) is 19.2 Å². The Balaban J connectivity index is 1.63. The molecule has 1 aromatic rings. The average Bonchev–Trinajstić information content (AvgIpc) is 3.30. The van der Waals surface area contributed by atoms with E-state index in [4.69, 9.17) is 5.73 Å². The zero-order valence-electron chi connectivity index (χ0n) is 15.6. The smallest absolute Gasteiger partial charge is 0.269 e. The van der Waals surface area contributed by atoms with Crippen LogP contribution in [0.15, 0.2) is 12.3 Å². The van der Waals surface area contributed by atoms with Crippen LogP contribution in [0.5, 0.6) is 0 Å². The molecular weight excluding hydrogens is 364 g/mol. The van der Waals surface area contributed by atoms with E-state index in [2.05, 4.69) is 26.1 Å². The van der Waals surface area contributed by atoms with E-state index >= 15 is 0 Å². The van der Waals surface area contributed by atoms with Crippen molar-refractivity contribution in [3.05, 3.63) is 18.0 Å². The molecular formula is C18H26N6O4. The first-order valence-corrected chi connectivity index (χ1v) is 9.61. The molecule has 2 unspecified atom stereocenters. The van der Waals surface area contributed by atoms with Crippen molar-refractivity contribution in [2.45, 2.75) is 50.6 Å². The number of piperidine rings is 1. The second kappa shape index (κ2) is 8.85. The number of H-pyrrole nitrogens is 1. The van der Waals surface area contributed by atoms with Gasteiger partial charge in [-0.2, -0.15) is 5.10 Å². The highest BCUT2D eigenvalue weighted by molar-refractivity contribution is 5.97. The van der Waals surface area contributed by atoms with E-state index in [1.807, 2.05) is 0 Å². The molecule has 1 aliphatic heterocycles. The Morgan fingerprint density at radius 3 is 2.57 bits per heavy atom. The molecule has 3 atom stereocenters. The maximum Gasteiger partial charge on any atom is 0.269 e. The molecule has 28 heavy (non-hydrogen) atoms. The first kappa shape index (κ1) is 19.8. The summed E-state index contributed by atoms with van der Waals surface area (Å²) in [6, 6.07) is -0.243. The predicted molar refractivity (Wildman–Crippen MR) is 98.7 cm³/mol. The zero-order valence-corrected chi connectivity index (χ0v) is 15.6. The van der Waals surface area contributed by atoms with Gasteiger partial charge in [-0.1, -0.05) is 12.8 Å². The standard InChI is InChI=1S/C18H26N6O4/c19-15(25)13(9-11-2-1-6-20-16(11)26)22-18(28)14(8-10-3-4-10)23-17(27)12-5-7-21-24-12/h5,7,10-11,13-14H,1-4,6,8-9H2,(H2,19,25)(H,20,26)(H,21,24)(H,22,28)(H,23,27)/t11-,13?,14?/m0/s1. The van der Waals surface area contributed by atoms with E-state index in [1.54, 1.807) is 0 Å². The number of hydrogen-bond donors (Lipinski definition) is 5. The van der Waals surface area contributed by atoms with Gasteiger partial charge in [0.2, 0.25) is 17.7 Å². The first-order valence-electron chi connectivity index (χ1n) is 9.61. The molecule has 1 aliphatic carbocycles. The molecule has 2 aliphatic rings. The van der Waals surface area contributed by atoms with Crippen molar-refractivity contribution >= 4 is 23.6 Å². The van der Waals surface area contributed by atoms with Crippen molar-refractivity contribution in [3.8, 4) is 0 Å². The normalized spacial score (nSPS) is 21.3. The van der Waals surface area contributed by atoms with Crippen LogP contribution in [0, 0.1) is 11.8 Å². The number of hydrogen-bond acceptors (Lipinski definition) is 5. The number of nitrogens with zero attached hydrogens (tertiary/aromatic N) is 1. The van der Waals surface area contributed by atoms with Gasteiger partial charge >= 0.3 is 0 Å². The number of primary amides is 1. The predicted octanol–water partition coefficient (Wildman–Crippen LogP) is -0.805. The quantitative estimate of drug-likeness (QED) is 0.372. The fraction of sp³-hybridized carbons (Fsp3) is 0.611. The third-order valence-corrected chi connectivity index (χ3v) is 5.21. The van der Waals surface area contributed by atoms with E-state index in [0.29, 0.717) is 25.3 Å². The van der Waals surface area contributed by atoms with Gasteiger partial charge in [0.1, 0.15) is 17.8 Å². The minimum Gasteiger partial charge on any atom is -0.368 e. The first-order chi connectivity index (χ1) is 13.4. The number of carbonyl (C=O) groups is 4. The molecule has 152 valence electrons. The van der Waals surface area contributed by atoms with Gasteiger partial charge < -0.3 is 21.7 Å². The Morgan fingerprint density at radius 2 is 1.96 bits per heavy atom. The Kier molecular flexibility index (Phi) is 6.27. The summed E-state index contributed by atoms with van der Waals surface area (Å²) in [5, 5.41) is 14.4. The third-order valence-electron chi connectivity index (χ3n) is 5.21. The maximum atomic E-state index is 12.8. The number of aromatic amines is 1. The third kappa shape index (κ3) is 5.30. The minimum absolute atomic E-state index is 0.131. The zero-order chi connectivity index (χ0) is 20.1. The van der Waals surface area contributed by atoms with E-state index in [0.717, 1.165) is 19.3 Å². The van der Waals surface area contributed by atoms with Gasteiger partial charge in [0, 0.05) is 18.7 Å². The highest BCUT2D eigenvalue weighted by atomic mass is 16.2. The number of aromatic nitrogens is 2. The second-order valence-corrected chi connectivity index (χ2v) is 7.50. The Hall–Kier alpha value is -2.91. The van der Waals surface area contributed by atoms with E-state index in [1.165, 1.54) is 12.3 Å². The van der Waals surface area contributed by atoms with Crippen molar-refractivity contribution in [3.63, 3.8) is 0 Å². The fourth-order valence-corrected chi connectivity index (χ4v) is 3.40. The van der Waals surface area contributed by atoms with Crippen LogP contribution < -0.4 is 21.7 Å². The molecule has 2 heterocycles. The summed E-state index contributed by atoms with van der Waals surface area (Å²) in [6.45, 7) is 0.617. The van der Waals surface area contributed by atoms with Gasteiger partial charge in [-0.3, -0.25) is 24.3 Å². The van der Waals surface area contributed by atoms with Crippen LogP contribution >= 0.6 is 0 Å². The lowest BCUT2D eigenvalue weighted by Gasteiger charge is -2.26. The molecule has 1 saturated heterocycles. The van der Waals surface area contributed by atoms with Crippen molar-refractivity contribution in [2.75, 3.05) is 6.54 Å². The van der Waals surface area contributed by atoms with Crippen LogP contribution in [0.4, 0.5) is 0 Å². The summed E-state index contributed by atoms with van der Waals surface area (Å²) < 4.78 is 0. The fourth-order valence-electron chi connectivity index (χ4n) is 3.40. The molecule has 0 bridgehead atoms. The van der Waals surface area contributed by atoms with Gasteiger partial charge in [-0.25, -0.2) is 0 Å². The highest BCUT2D eigenvalue weighted by Crippen LogP contribution is 2.33. The lowest BCUT2D eigenvalue weighted by molar-refractivity contribution is -0.131. The molecule has 10 nitrogen and oxygen atoms in total. The molecule has 4 amide bonds. The van der Waals surface area contributed by atoms with Gasteiger partial charge in [0.15, 0.2) is 0 Å². The molecule has 3 rings (SSSR count). The molecule has 10 heteroatoms. The summed E-state index contributed by atoms with van der Waals surface area (Å²) in [6.07, 6.45) is 5.56. The largest absolute Gasteiger partial charge is 0.368 e. The lowest BCUT2D eigenvalue weighted by Crippen LogP contribution is -2.54. The van der Waals surface area contributed by atoms with Crippen LogP contribution in [-0.2, 0) is 14.4 Å². The molecule has 0 aromatic carbocycles. The van der Waals surface area contributed by atoms with Gasteiger partial charge in [0.05, 0.1) is 0 Å². The molecule has 0 spiro atoms. The molecule has 1 saturated carbocycles. The van der Waals surface area contributed by atoms with Crippen molar-refractivity contribution in [2.24, 2.45) is 17.6 Å². The van der Waals surface area contributed by atoms with Crippen LogP contribution in [0.25, 0.3) is 0 Å². The monoisotopic (exact) mass is 390 g/mol. The van der Waals surface area contributed by atoms with E-state index < -0.39 is 29.8 Å². The number of rotatable bonds is 9. The molecule has 2 fully saturated rings. The number of carbonyl (C=O) groups excluding carboxylic acids is 4. The molecule has 0 radical (unpaired) electrons. The maximum absolute atomic E-state index is 12.8. The van der Waals surface area contributed by atoms with Crippen LogP contribution in [-0.4, -0.2) is 52.5 Å². The SMILES string of the molecule is NC(=O)C(C[C@@H]1CCCNC1=O)NC(=O)C(CC1CC1)NC(=O)c1ccn[nH]1. The Bertz CT molecular complexity index is 730. The summed E-state index contributed by atoms with van der Waals surface area (Å²) in [5.41, 5.74) is 5.70. The second-order valence-electron chi connectivity index (χ2n) is 7.50. The van der Waals surface area contributed by atoms with Crippen LogP contribution in [0.2, 0.25) is 0 Å². The topological polar surface area (TPSA) is 159 Å². The number of nitrogens with two attached hydrogens (primary N) is 1. The van der Waals surface area contributed by atoms with Crippen molar-refractivity contribution in [1.29, 1.82) is 0 Å². The van der Waals surface area contributed by atoms with Crippen LogP contribution in [0.1, 0.15) is 49.0 Å². The molecule has 1 aromatic heterocycles. The number of amides is 4. The van der Waals surface area contributed by atoms with Gasteiger partial charge in [-0.15, -0.1) is 0 Å². The summed E-state index contributed by atoms with van der Waals surface area (Å²) in [7, 11) is 0. The van der Waals surface area contributed by atoms with E-state index in [-0.39, 0.29) is 23.9 Å². The number of nitrogens with one attached hydrogen (secondary N) is 4. The Labute approximate surface area is 162 Å². The summed E-state index contributed by atoms with van der Waals surface area (Å²) in [4.78, 5) is 48.9. The summed E-state index contributed by atoms with van der Waals surface area (Å²) >= 11 is 0. The van der Waals surface area contributed by atoms with Crippen molar-refractivity contribution in [1.82, 2.24) is 26.1 Å². The molecule has 6 N–H and O–H groups in total. The van der Waals surface area contributed by atoms with Gasteiger partial charge in [-0.05, 0) is 37.7 Å². The highest BCUT2D eigenvalue weighted by Gasteiger charge is 2.34. The van der Waals surface area contributed by atoms with Crippen molar-refractivity contribution < 1.29 is 19.2 Å². The Morgan fingerprint density at radius 1 is 1.18 bits per heavy atom. The lowest BCUT2D eigenvalue weighted by atomic mass is 9.91. The summed E-state index contributed by atoms with van der Waals surface area (Å²) in [5.74, 6) is -1.74. The minimum atomic E-state index is -0.966. The van der Waals surface area contributed by atoms with Gasteiger partial charge in [0.25, 0.3) is 5.91 Å². The van der Waals surface area contributed by atoms with Crippen LogP contribution in [0.3, 0.4) is 0 Å².